The Morgan fingerprint density at radius 2 is 1.75 bits per heavy atom. The zero-order valence-electron chi connectivity index (χ0n) is 16.1. The van der Waals surface area contributed by atoms with E-state index in [-0.39, 0.29) is 6.79 Å². The van der Waals surface area contributed by atoms with Gasteiger partial charge >= 0.3 is 0 Å². The van der Waals surface area contributed by atoms with Crippen LogP contribution in [-0.2, 0) is 16.6 Å². The summed E-state index contributed by atoms with van der Waals surface area (Å²) in [6, 6.07) is 10.9. The van der Waals surface area contributed by atoms with Crippen molar-refractivity contribution in [2.45, 2.75) is 18.4 Å². The SMILES string of the molecule is COc1ccc(S(=O)(=O)N2CCN(Cc3ccc4c(c3)OCO4)CC2)cc1C. The maximum Gasteiger partial charge on any atom is 0.243 e. The van der Waals surface area contributed by atoms with Crippen molar-refractivity contribution in [2.75, 3.05) is 40.1 Å². The number of benzene rings is 2. The summed E-state index contributed by atoms with van der Waals surface area (Å²) >= 11 is 0. The summed E-state index contributed by atoms with van der Waals surface area (Å²) in [6.07, 6.45) is 0. The number of hydrogen-bond acceptors (Lipinski definition) is 6. The standard InChI is InChI=1S/C20H24N2O5S/c1-15-11-17(4-6-18(15)25-2)28(23,24)22-9-7-21(8-10-22)13-16-3-5-19-20(12-16)27-14-26-19/h3-6,11-12H,7-10,13-14H2,1-2H3. The van der Waals surface area contributed by atoms with E-state index in [2.05, 4.69) is 4.90 Å². The zero-order valence-corrected chi connectivity index (χ0v) is 16.9. The molecule has 1 fully saturated rings. The number of rotatable bonds is 5. The number of nitrogens with zero attached hydrogens (tertiary/aromatic N) is 2. The van der Waals surface area contributed by atoms with Gasteiger partial charge in [0.25, 0.3) is 0 Å². The molecule has 2 aromatic carbocycles. The molecule has 0 aromatic heterocycles. The molecule has 0 aliphatic carbocycles. The van der Waals surface area contributed by atoms with E-state index >= 15 is 0 Å². The summed E-state index contributed by atoms with van der Waals surface area (Å²) < 4.78 is 43.5. The van der Waals surface area contributed by atoms with Crippen LogP contribution in [0.25, 0.3) is 0 Å². The number of hydrogen-bond donors (Lipinski definition) is 0. The van der Waals surface area contributed by atoms with Crippen molar-refractivity contribution in [2.24, 2.45) is 0 Å². The Bertz CT molecular complexity index is 969. The van der Waals surface area contributed by atoms with Crippen LogP contribution in [0.5, 0.6) is 17.2 Å². The molecule has 1 saturated heterocycles. The van der Waals surface area contributed by atoms with Gasteiger partial charge in [-0.2, -0.15) is 4.31 Å². The van der Waals surface area contributed by atoms with E-state index in [1.807, 2.05) is 25.1 Å². The van der Waals surface area contributed by atoms with E-state index in [9.17, 15) is 8.42 Å². The van der Waals surface area contributed by atoms with Crippen molar-refractivity contribution in [3.8, 4) is 17.2 Å². The third-order valence-corrected chi connectivity index (χ3v) is 7.07. The molecule has 0 amide bonds. The summed E-state index contributed by atoms with van der Waals surface area (Å²) in [6.45, 7) is 5.18. The number of fused-ring (bicyclic) bond motifs is 1. The Morgan fingerprint density at radius 3 is 2.46 bits per heavy atom. The summed E-state index contributed by atoms with van der Waals surface area (Å²) in [5, 5.41) is 0. The average molecular weight is 404 g/mol. The number of piperazine rings is 1. The van der Waals surface area contributed by atoms with Crippen molar-refractivity contribution in [1.82, 2.24) is 9.21 Å². The molecule has 2 aliphatic rings. The van der Waals surface area contributed by atoms with Gasteiger partial charge in [0.05, 0.1) is 12.0 Å². The second kappa shape index (κ2) is 7.62. The topological polar surface area (TPSA) is 68.3 Å². The zero-order chi connectivity index (χ0) is 19.7. The highest BCUT2D eigenvalue weighted by atomic mass is 32.2. The first kappa shape index (κ1) is 19.0. The van der Waals surface area contributed by atoms with Crippen molar-refractivity contribution >= 4 is 10.0 Å². The first-order valence-corrected chi connectivity index (χ1v) is 10.7. The third kappa shape index (κ3) is 3.67. The van der Waals surface area contributed by atoms with E-state index in [0.717, 1.165) is 29.2 Å². The highest BCUT2D eigenvalue weighted by Gasteiger charge is 2.29. The minimum absolute atomic E-state index is 0.264. The van der Waals surface area contributed by atoms with Crippen LogP contribution < -0.4 is 14.2 Å². The Morgan fingerprint density at radius 1 is 1.00 bits per heavy atom. The summed E-state index contributed by atoms with van der Waals surface area (Å²) in [7, 11) is -1.92. The molecule has 2 aromatic rings. The highest BCUT2D eigenvalue weighted by Crippen LogP contribution is 2.33. The minimum atomic E-state index is -3.50. The van der Waals surface area contributed by atoms with Crippen molar-refractivity contribution < 1.29 is 22.6 Å². The van der Waals surface area contributed by atoms with Crippen molar-refractivity contribution in [3.63, 3.8) is 0 Å². The van der Waals surface area contributed by atoms with Crippen LogP contribution in [0.4, 0.5) is 0 Å². The molecule has 150 valence electrons. The van der Waals surface area contributed by atoms with Gasteiger partial charge in [0.2, 0.25) is 16.8 Å². The van der Waals surface area contributed by atoms with Crippen molar-refractivity contribution in [3.05, 3.63) is 47.5 Å². The molecule has 2 aliphatic heterocycles. The van der Waals surface area contributed by atoms with Gasteiger partial charge in [0, 0.05) is 32.7 Å². The van der Waals surface area contributed by atoms with Crippen LogP contribution in [0.1, 0.15) is 11.1 Å². The summed E-state index contributed by atoms with van der Waals surface area (Å²) in [5.74, 6) is 2.23. The molecule has 8 heteroatoms. The molecule has 28 heavy (non-hydrogen) atoms. The van der Waals surface area contributed by atoms with Gasteiger partial charge in [-0.05, 0) is 48.4 Å². The van der Waals surface area contributed by atoms with Gasteiger partial charge in [0.1, 0.15) is 5.75 Å². The maximum absolute atomic E-state index is 13.0. The lowest BCUT2D eigenvalue weighted by molar-refractivity contribution is 0.173. The highest BCUT2D eigenvalue weighted by molar-refractivity contribution is 7.89. The Balaban J connectivity index is 1.40. The summed E-state index contributed by atoms with van der Waals surface area (Å²) in [4.78, 5) is 2.57. The lowest BCUT2D eigenvalue weighted by atomic mass is 10.2. The van der Waals surface area contributed by atoms with Crippen LogP contribution in [-0.4, -0.2) is 57.7 Å². The first-order chi connectivity index (χ1) is 13.5. The maximum atomic E-state index is 13.0. The van der Waals surface area contributed by atoms with Crippen molar-refractivity contribution in [1.29, 1.82) is 0 Å². The third-order valence-electron chi connectivity index (χ3n) is 5.18. The van der Waals surface area contributed by atoms with Crippen LogP contribution in [0.15, 0.2) is 41.3 Å². The largest absolute Gasteiger partial charge is 0.496 e. The van der Waals surface area contributed by atoms with Gasteiger partial charge in [-0.25, -0.2) is 8.42 Å². The van der Waals surface area contributed by atoms with Gasteiger partial charge in [-0.3, -0.25) is 4.90 Å². The number of methoxy groups -OCH3 is 1. The van der Waals surface area contributed by atoms with Gasteiger partial charge in [-0.15, -0.1) is 0 Å². The molecule has 7 nitrogen and oxygen atoms in total. The smallest absolute Gasteiger partial charge is 0.243 e. The van der Waals surface area contributed by atoms with Crippen LogP contribution in [0.3, 0.4) is 0 Å². The molecule has 0 bridgehead atoms. The number of ether oxygens (including phenoxy) is 3. The fraction of sp³-hybridized carbons (Fsp3) is 0.400. The van der Waals surface area contributed by atoms with Gasteiger partial charge in [0.15, 0.2) is 11.5 Å². The predicted molar refractivity (Wildman–Crippen MR) is 104 cm³/mol. The van der Waals surface area contributed by atoms with E-state index in [4.69, 9.17) is 14.2 Å². The van der Waals surface area contributed by atoms with Gasteiger partial charge < -0.3 is 14.2 Å². The molecular formula is C20H24N2O5S. The molecule has 0 spiro atoms. The lowest BCUT2D eigenvalue weighted by Gasteiger charge is -2.34. The second-order valence-electron chi connectivity index (χ2n) is 7.00. The lowest BCUT2D eigenvalue weighted by Crippen LogP contribution is -2.48. The summed E-state index contributed by atoms with van der Waals surface area (Å²) in [5.41, 5.74) is 1.94. The minimum Gasteiger partial charge on any atom is -0.496 e. The van der Waals surface area contributed by atoms with Crippen LogP contribution >= 0.6 is 0 Å². The average Bonchev–Trinajstić information content (AvgIpc) is 3.16. The molecule has 0 N–H and O–H groups in total. The Kier molecular flexibility index (Phi) is 5.18. The number of aryl methyl sites for hydroxylation is 1. The molecule has 4 rings (SSSR count). The molecule has 0 radical (unpaired) electrons. The van der Waals surface area contributed by atoms with E-state index in [0.29, 0.717) is 36.8 Å². The predicted octanol–water partition coefficient (Wildman–Crippen LogP) is 2.24. The van der Waals surface area contributed by atoms with E-state index in [1.54, 1.807) is 29.6 Å². The number of sulfonamides is 1. The van der Waals surface area contributed by atoms with E-state index in [1.165, 1.54) is 0 Å². The van der Waals surface area contributed by atoms with Crippen LogP contribution in [0, 0.1) is 6.92 Å². The molecule has 0 saturated carbocycles. The Hall–Kier alpha value is -2.29. The van der Waals surface area contributed by atoms with Crippen LogP contribution in [0.2, 0.25) is 0 Å². The van der Waals surface area contributed by atoms with Gasteiger partial charge in [-0.1, -0.05) is 6.07 Å². The fourth-order valence-electron chi connectivity index (χ4n) is 3.59. The molecule has 0 unspecified atom stereocenters. The van der Waals surface area contributed by atoms with E-state index < -0.39 is 10.0 Å². The molecule has 0 atom stereocenters. The Labute approximate surface area is 165 Å². The second-order valence-corrected chi connectivity index (χ2v) is 8.94. The molecular weight excluding hydrogens is 380 g/mol. The first-order valence-electron chi connectivity index (χ1n) is 9.23. The monoisotopic (exact) mass is 404 g/mol. The fourth-order valence-corrected chi connectivity index (χ4v) is 5.09. The normalized spacial score (nSPS) is 17.6. The molecule has 2 heterocycles. The quantitative estimate of drug-likeness (QED) is 0.761.